The van der Waals surface area contributed by atoms with Crippen molar-refractivity contribution in [3.8, 4) is 0 Å². The third kappa shape index (κ3) is 3.36. The van der Waals surface area contributed by atoms with Gasteiger partial charge in [0.1, 0.15) is 0 Å². The lowest BCUT2D eigenvalue weighted by Gasteiger charge is -2.38. The molecule has 1 aliphatic carbocycles. The van der Waals surface area contributed by atoms with Crippen molar-refractivity contribution in [1.29, 1.82) is 0 Å². The highest BCUT2D eigenvalue weighted by Gasteiger charge is 2.42. The molecule has 2 rings (SSSR count). The molecule has 116 valence electrons. The molecule has 0 radical (unpaired) electrons. The fraction of sp³-hybridized carbons (Fsp3) is 0.500. The van der Waals surface area contributed by atoms with Gasteiger partial charge in [-0.25, -0.2) is 8.42 Å². The van der Waals surface area contributed by atoms with Crippen LogP contribution in [0.2, 0.25) is 0 Å². The Morgan fingerprint density at radius 3 is 2.43 bits per heavy atom. The van der Waals surface area contributed by atoms with Gasteiger partial charge in [-0.2, -0.15) is 4.72 Å². The number of benzene rings is 1. The summed E-state index contributed by atoms with van der Waals surface area (Å²) < 4.78 is 27.7. The minimum Gasteiger partial charge on any atom is -0.409 e. The van der Waals surface area contributed by atoms with Crippen LogP contribution >= 0.6 is 0 Å². The van der Waals surface area contributed by atoms with Crippen molar-refractivity contribution < 1.29 is 13.6 Å². The normalized spacial score (nSPS) is 27.5. The molecule has 0 bridgehead atoms. The maximum Gasteiger partial charge on any atom is 0.241 e. The third-order valence-corrected chi connectivity index (χ3v) is 5.66. The van der Waals surface area contributed by atoms with Crippen LogP contribution < -0.4 is 10.5 Å². The Hall–Kier alpha value is -1.60. The van der Waals surface area contributed by atoms with Crippen molar-refractivity contribution in [2.45, 2.75) is 43.0 Å². The van der Waals surface area contributed by atoms with Crippen LogP contribution in [0.4, 0.5) is 0 Å². The summed E-state index contributed by atoms with van der Waals surface area (Å²) >= 11 is 0. The summed E-state index contributed by atoms with van der Waals surface area (Å²) in [6, 6.07) is 8.11. The fourth-order valence-corrected chi connectivity index (χ4v) is 4.13. The van der Waals surface area contributed by atoms with Gasteiger partial charge in [0.15, 0.2) is 5.84 Å². The first-order chi connectivity index (χ1) is 9.89. The summed E-state index contributed by atoms with van der Waals surface area (Å²) in [6.45, 7) is 2.11. The van der Waals surface area contributed by atoms with Crippen LogP contribution in [0.25, 0.3) is 0 Å². The summed E-state index contributed by atoms with van der Waals surface area (Å²) in [5, 5.41) is 12.1. The Kier molecular flexibility index (Phi) is 4.53. The van der Waals surface area contributed by atoms with Crippen LogP contribution in [0, 0.1) is 5.92 Å². The van der Waals surface area contributed by atoms with Gasteiger partial charge >= 0.3 is 0 Å². The minimum atomic E-state index is -3.71. The van der Waals surface area contributed by atoms with E-state index in [1.54, 1.807) is 18.2 Å². The van der Waals surface area contributed by atoms with Gasteiger partial charge in [0.05, 0.1) is 10.4 Å². The number of nitrogens with one attached hydrogen (secondary N) is 1. The van der Waals surface area contributed by atoms with Gasteiger partial charge in [0.2, 0.25) is 10.0 Å². The maximum absolute atomic E-state index is 12.5. The van der Waals surface area contributed by atoms with E-state index in [0.717, 1.165) is 12.8 Å². The Labute approximate surface area is 125 Å². The lowest BCUT2D eigenvalue weighted by molar-refractivity contribution is 0.266. The van der Waals surface area contributed by atoms with Crippen molar-refractivity contribution in [2.75, 3.05) is 0 Å². The summed E-state index contributed by atoms with van der Waals surface area (Å²) in [4.78, 5) is 0.175. The highest BCUT2D eigenvalue weighted by atomic mass is 32.2. The molecule has 0 unspecified atom stereocenters. The predicted octanol–water partition coefficient (Wildman–Crippen LogP) is 1.66. The fourth-order valence-electron chi connectivity index (χ4n) is 2.68. The van der Waals surface area contributed by atoms with Gasteiger partial charge in [-0.15, -0.1) is 0 Å². The van der Waals surface area contributed by atoms with E-state index in [0.29, 0.717) is 18.8 Å². The number of hydrogen-bond donors (Lipinski definition) is 3. The number of rotatable bonds is 4. The molecule has 1 aromatic carbocycles. The average molecular weight is 311 g/mol. The molecule has 0 saturated heterocycles. The van der Waals surface area contributed by atoms with Crippen molar-refractivity contribution in [2.24, 2.45) is 16.8 Å². The van der Waals surface area contributed by atoms with Gasteiger partial charge in [-0.1, -0.05) is 30.3 Å². The largest absolute Gasteiger partial charge is 0.409 e. The zero-order valence-electron chi connectivity index (χ0n) is 12.0. The van der Waals surface area contributed by atoms with Gasteiger partial charge in [0.25, 0.3) is 0 Å². The number of sulfonamides is 1. The van der Waals surface area contributed by atoms with Gasteiger partial charge in [-0.3, -0.25) is 0 Å². The summed E-state index contributed by atoms with van der Waals surface area (Å²) in [6.07, 6.45) is 2.70. The molecule has 21 heavy (non-hydrogen) atoms. The van der Waals surface area contributed by atoms with Crippen molar-refractivity contribution in [3.05, 3.63) is 30.3 Å². The van der Waals surface area contributed by atoms with Gasteiger partial charge in [-0.05, 0) is 43.7 Å². The number of nitrogens with zero attached hydrogens (tertiary/aromatic N) is 1. The van der Waals surface area contributed by atoms with Crippen molar-refractivity contribution in [3.63, 3.8) is 0 Å². The highest BCUT2D eigenvalue weighted by molar-refractivity contribution is 7.89. The molecule has 1 aliphatic rings. The van der Waals surface area contributed by atoms with Crippen molar-refractivity contribution in [1.82, 2.24) is 4.72 Å². The minimum absolute atomic E-state index is 0.0751. The Bertz CT molecular complexity index is 606. The zero-order valence-corrected chi connectivity index (χ0v) is 12.8. The lowest BCUT2D eigenvalue weighted by atomic mass is 9.77. The smallest absolute Gasteiger partial charge is 0.241 e. The van der Waals surface area contributed by atoms with E-state index < -0.39 is 15.6 Å². The molecule has 0 amide bonds. The molecule has 7 heteroatoms. The maximum atomic E-state index is 12.5. The number of hydrogen-bond acceptors (Lipinski definition) is 4. The lowest BCUT2D eigenvalue weighted by Crippen LogP contribution is -2.58. The highest BCUT2D eigenvalue weighted by Crippen LogP contribution is 2.33. The monoisotopic (exact) mass is 311 g/mol. The predicted molar refractivity (Wildman–Crippen MR) is 80.5 cm³/mol. The van der Waals surface area contributed by atoms with E-state index in [1.807, 2.05) is 0 Å². The second kappa shape index (κ2) is 6.03. The molecule has 0 aliphatic heterocycles. The van der Waals surface area contributed by atoms with Crippen molar-refractivity contribution >= 4 is 15.9 Å². The van der Waals surface area contributed by atoms with E-state index in [9.17, 15) is 8.42 Å². The van der Waals surface area contributed by atoms with E-state index in [4.69, 9.17) is 10.9 Å². The third-order valence-electron chi connectivity index (χ3n) is 4.11. The molecule has 1 fully saturated rings. The number of oxime groups is 1. The summed E-state index contributed by atoms with van der Waals surface area (Å²) in [5.74, 6) is 0.430. The molecule has 1 saturated carbocycles. The first-order valence-corrected chi connectivity index (χ1v) is 8.45. The molecular weight excluding hydrogens is 290 g/mol. The van der Waals surface area contributed by atoms with E-state index in [1.165, 1.54) is 12.1 Å². The van der Waals surface area contributed by atoms with Gasteiger partial charge in [0, 0.05) is 0 Å². The molecule has 0 spiro atoms. The molecule has 4 N–H and O–H groups in total. The van der Waals surface area contributed by atoms with Crippen LogP contribution in [0.5, 0.6) is 0 Å². The van der Waals surface area contributed by atoms with E-state index in [-0.39, 0.29) is 10.7 Å². The van der Waals surface area contributed by atoms with E-state index in [2.05, 4.69) is 16.8 Å². The standard InChI is InChI=1S/C14H21N3O3S/c1-11-7-9-14(10-8-11,13(15)16-18)17-21(19,20)12-5-3-2-4-6-12/h2-6,11,17-18H,7-10H2,1H3,(H2,15,16). The molecule has 0 aromatic heterocycles. The quantitative estimate of drug-likeness (QED) is 0.340. The Morgan fingerprint density at radius 2 is 1.90 bits per heavy atom. The Balaban J connectivity index is 2.32. The topological polar surface area (TPSA) is 105 Å². The number of nitrogens with two attached hydrogens (primary N) is 1. The molecule has 0 heterocycles. The van der Waals surface area contributed by atoms with Crippen LogP contribution in [0.1, 0.15) is 32.6 Å². The summed E-state index contributed by atoms with van der Waals surface area (Å²) in [5.41, 5.74) is 4.78. The number of amidine groups is 1. The summed E-state index contributed by atoms with van der Waals surface area (Å²) in [7, 11) is -3.71. The molecule has 1 aromatic rings. The SMILES string of the molecule is CC1CCC(NS(=O)(=O)c2ccccc2)(/C(N)=N/O)CC1. The van der Waals surface area contributed by atoms with Crippen LogP contribution in [0.15, 0.2) is 40.4 Å². The zero-order chi connectivity index (χ0) is 15.5. The Morgan fingerprint density at radius 1 is 1.33 bits per heavy atom. The molecular formula is C14H21N3O3S. The molecule has 0 atom stereocenters. The molecule has 6 nitrogen and oxygen atoms in total. The first-order valence-electron chi connectivity index (χ1n) is 6.97. The first kappa shape index (κ1) is 15.8. The van der Waals surface area contributed by atoms with E-state index >= 15 is 0 Å². The van der Waals surface area contributed by atoms with Gasteiger partial charge < -0.3 is 10.9 Å². The van der Waals surface area contributed by atoms with Crippen LogP contribution in [-0.2, 0) is 10.0 Å². The average Bonchev–Trinajstić information content (AvgIpc) is 2.49. The van der Waals surface area contributed by atoms with Crippen LogP contribution in [-0.4, -0.2) is 25.0 Å². The van der Waals surface area contributed by atoms with Crippen LogP contribution in [0.3, 0.4) is 0 Å². The second-order valence-electron chi connectivity index (χ2n) is 5.67. The second-order valence-corrected chi connectivity index (χ2v) is 7.35.